The molecule has 2 heterocycles. The SMILES string of the molecule is O=C(NC[C@](O)(c1ccco1)c1cccs1)c1c(F)cccc1Cl. The van der Waals surface area contributed by atoms with Crippen molar-refractivity contribution in [2.24, 2.45) is 0 Å². The summed E-state index contributed by atoms with van der Waals surface area (Å²) in [6, 6.07) is 10.8. The number of halogens is 2. The Morgan fingerprint density at radius 2 is 2.12 bits per heavy atom. The predicted molar refractivity (Wildman–Crippen MR) is 89.8 cm³/mol. The summed E-state index contributed by atoms with van der Waals surface area (Å²) in [6.45, 7) is -0.190. The molecule has 0 unspecified atom stereocenters. The van der Waals surface area contributed by atoms with Gasteiger partial charge in [0.05, 0.1) is 23.4 Å². The van der Waals surface area contributed by atoms with Crippen molar-refractivity contribution in [2.75, 3.05) is 6.54 Å². The molecule has 24 heavy (non-hydrogen) atoms. The maximum Gasteiger partial charge on any atom is 0.255 e. The van der Waals surface area contributed by atoms with E-state index in [1.165, 1.54) is 29.7 Å². The molecule has 0 spiro atoms. The van der Waals surface area contributed by atoms with Crippen molar-refractivity contribution >= 4 is 28.8 Å². The maximum atomic E-state index is 13.8. The zero-order valence-corrected chi connectivity index (χ0v) is 13.9. The fourth-order valence-electron chi connectivity index (χ4n) is 2.33. The number of benzene rings is 1. The number of amides is 1. The fraction of sp³-hybridized carbons (Fsp3) is 0.118. The Labute approximate surface area is 146 Å². The third kappa shape index (κ3) is 3.08. The lowest BCUT2D eigenvalue weighted by atomic mass is 9.98. The van der Waals surface area contributed by atoms with Gasteiger partial charge in [-0.15, -0.1) is 11.3 Å². The number of furan rings is 1. The summed E-state index contributed by atoms with van der Waals surface area (Å²) in [5.74, 6) is -1.15. The molecule has 0 saturated heterocycles. The average Bonchev–Trinajstić information content (AvgIpc) is 3.25. The summed E-state index contributed by atoms with van der Waals surface area (Å²) in [4.78, 5) is 12.9. The van der Waals surface area contributed by atoms with Gasteiger partial charge in [0.1, 0.15) is 11.6 Å². The number of hydrogen-bond donors (Lipinski definition) is 2. The van der Waals surface area contributed by atoms with Gasteiger partial charge in [-0.2, -0.15) is 0 Å². The number of nitrogens with one attached hydrogen (secondary N) is 1. The summed E-state index contributed by atoms with van der Waals surface area (Å²) in [5, 5.41) is 15.4. The van der Waals surface area contributed by atoms with Crippen LogP contribution in [0.25, 0.3) is 0 Å². The monoisotopic (exact) mass is 365 g/mol. The minimum absolute atomic E-state index is 0.00478. The van der Waals surface area contributed by atoms with E-state index in [0.29, 0.717) is 4.88 Å². The van der Waals surface area contributed by atoms with Gasteiger partial charge in [-0.25, -0.2) is 4.39 Å². The highest BCUT2D eigenvalue weighted by Crippen LogP contribution is 2.32. The summed E-state index contributed by atoms with van der Waals surface area (Å²) in [5.41, 5.74) is -1.81. The van der Waals surface area contributed by atoms with Crippen LogP contribution in [0, 0.1) is 5.82 Å². The number of aliphatic hydroxyl groups is 1. The zero-order valence-electron chi connectivity index (χ0n) is 12.3. The van der Waals surface area contributed by atoms with E-state index in [-0.39, 0.29) is 22.9 Å². The molecule has 7 heteroatoms. The average molecular weight is 366 g/mol. The lowest BCUT2D eigenvalue weighted by Crippen LogP contribution is -2.41. The molecule has 1 atom stereocenters. The van der Waals surface area contributed by atoms with Gasteiger partial charge < -0.3 is 14.8 Å². The van der Waals surface area contributed by atoms with E-state index in [1.807, 2.05) is 0 Å². The van der Waals surface area contributed by atoms with Gasteiger partial charge in [0, 0.05) is 4.88 Å². The van der Waals surface area contributed by atoms with Crippen LogP contribution in [0.4, 0.5) is 4.39 Å². The number of thiophene rings is 1. The number of carbonyl (C=O) groups excluding carboxylic acids is 1. The van der Waals surface area contributed by atoms with Gasteiger partial charge in [0.2, 0.25) is 0 Å². The Balaban J connectivity index is 1.86. The van der Waals surface area contributed by atoms with Crippen LogP contribution in [-0.2, 0) is 5.60 Å². The van der Waals surface area contributed by atoms with E-state index in [9.17, 15) is 14.3 Å². The zero-order chi connectivity index (χ0) is 17.2. The maximum absolute atomic E-state index is 13.8. The van der Waals surface area contributed by atoms with E-state index < -0.39 is 17.3 Å². The topological polar surface area (TPSA) is 62.5 Å². The number of carbonyl (C=O) groups is 1. The molecule has 4 nitrogen and oxygen atoms in total. The third-order valence-corrected chi connectivity index (χ3v) is 4.89. The highest BCUT2D eigenvalue weighted by Gasteiger charge is 2.36. The molecule has 0 saturated carbocycles. The lowest BCUT2D eigenvalue weighted by Gasteiger charge is -2.25. The molecular formula is C17H13ClFNO3S. The molecule has 3 rings (SSSR count). The van der Waals surface area contributed by atoms with Gasteiger partial charge in [-0.1, -0.05) is 23.7 Å². The second-order valence-corrected chi connectivity index (χ2v) is 6.45. The number of rotatable bonds is 5. The molecule has 2 N–H and O–H groups in total. The van der Waals surface area contributed by atoms with Crippen LogP contribution in [0.15, 0.2) is 58.5 Å². The molecule has 0 bridgehead atoms. The summed E-state index contributed by atoms with van der Waals surface area (Å²) >= 11 is 7.21. The molecule has 0 aliphatic rings. The summed E-state index contributed by atoms with van der Waals surface area (Å²) in [7, 11) is 0. The van der Waals surface area contributed by atoms with Crippen LogP contribution < -0.4 is 5.32 Å². The largest absolute Gasteiger partial charge is 0.466 e. The van der Waals surface area contributed by atoms with Crippen LogP contribution in [0.1, 0.15) is 21.0 Å². The molecule has 0 aliphatic carbocycles. The molecule has 0 aliphatic heterocycles. The minimum Gasteiger partial charge on any atom is -0.466 e. The Hall–Kier alpha value is -2.15. The van der Waals surface area contributed by atoms with Crippen LogP contribution in [0.5, 0.6) is 0 Å². The molecule has 3 aromatic rings. The van der Waals surface area contributed by atoms with Gasteiger partial charge in [0.15, 0.2) is 5.60 Å². The smallest absolute Gasteiger partial charge is 0.255 e. The van der Waals surface area contributed by atoms with Gasteiger partial charge >= 0.3 is 0 Å². The molecule has 2 aromatic heterocycles. The highest BCUT2D eigenvalue weighted by molar-refractivity contribution is 7.10. The quantitative estimate of drug-likeness (QED) is 0.723. The molecular weight excluding hydrogens is 353 g/mol. The Bertz CT molecular complexity index is 779. The fourth-order valence-corrected chi connectivity index (χ4v) is 3.41. The van der Waals surface area contributed by atoms with E-state index in [2.05, 4.69) is 5.32 Å². The van der Waals surface area contributed by atoms with Crippen molar-refractivity contribution in [2.45, 2.75) is 5.60 Å². The first-order valence-corrected chi connectivity index (χ1v) is 8.30. The van der Waals surface area contributed by atoms with E-state index >= 15 is 0 Å². The number of hydrogen-bond acceptors (Lipinski definition) is 4. The third-order valence-electron chi connectivity index (χ3n) is 3.55. The highest BCUT2D eigenvalue weighted by atomic mass is 35.5. The Morgan fingerprint density at radius 3 is 2.75 bits per heavy atom. The van der Waals surface area contributed by atoms with Crippen LogP contribution in [-0.4, -0.2) is 17.6 Å². The molecule has 1 aromatic carbocycles. The Kier molecular flexibility index (Phi) is 4.71. The first kappa shape index (κ1) is 16.7. The Morgan fingerprint density at radius 1 is 1.29 bits per heavy atom. The standard InChI is InChI=1S/C17H13ClFNO3S/c18-11-4-1-5-12(19)15(11)16(21)20-10-17(22,13-6-2-8-23-13)14-7-3-9-24-14/h1-9,22H,10H2,(H,20,21)/t17-/m0/s1. The van der Waals surface area contributed by atoms with E-state index in [0.717, 1.165) is 6.07 Å². The molecule has 0 fully saturated rings. The van der Waals surface area contributed by atoms with Gasteiger partial charge in [-0.3, -0.25) is 4.79 Å². The molecule has 1 amide bonds. The van der Waals surface area contributed by atoms with Gasteiger partial charge in [-0.05, 0) is 35.7 Å². The van der Waals surface area contributed by atoms with Crippen molar-refractivity contribution < 1.29 is 18.7 Å². The molecule has 124 valence electrons. The van der Waals surface area contributed by atoms with Crippen molar-refractivity contribution in [1.82, 2.24) is 5.32 Å². The minimum atomic E-state index is -1.55. The van der Waals surface area contributed by atoms with E-state index in [4.69, 9.17) is 16.0 Å². The van der Waals surface area contributed by atoms with Crippen molar-refractivity contribution in [3.63, 3.8) is 0 Å². The van der Waals surface area contributed by atoms with Gasteiger partial charge in [0.25, 0.3) is 5.91 Å². The van der Waals surface area contributed by atoms with Crippen molar-refractivity contribution in [1.29, 1.82) is 0 Å². The van der Waals surface area contributed by atoms with E-state index in [1.54, 1.807) is 29.6 Å². The first-order chi connectivity index (χ1) is 11.5. The normalized spacial score (nSPS) is 13.5. The predicted octanol–water partition coefficient (Wildman–Crippen LogP) is 3.80. The second-order valence-electron chi connectivity index (χ2n) is 5.09. The summed E-state index contributed by atoms with van der Waals surface area (Å²) in [6.07, 6.45) is 1.43. The first-order valence-electron chi connectivity index (χ1n) is 7.05. The van der Waals surface area contributed by atoms with Crippen molar-refractivity contribution in [3.8, 4) is 0 Å². The summed E-state index contributed by atoms with van der Waals surface area (Å²) < 4.78 is 19.2. The van der Waals surface area contributed by atoms with Crippen LogP contribution in [0.3, 0.4) is 0 Å². The van der Waals surface area contributed by atoms with Crippen LogP contribution in [0.2, 0.25) is 5.02 Å². The lowest BCUT2D eigenvalue weighted by molar-refractivity contribution is 0.0553. The molecule has 0 radical (unpaired) electrons. The second kappa shape index (κ2) is 6.76. The van der Waals surface area contributed by atoms with Crippen molar-refractivity contribution in [3.05, 3.63) is 81.1 Å². The van der Waals surface area contributed by atoms with Crippen LogP contribution >= 0.6 is 22.9 Å².